The fraction of sp³-hybridized carbons (Fsp3) is 0.143. The zero-order valence-electron chi connectivity index (χ0n) is 10.6. The van der Waals surface area contributed by atoms with Crippen molar-refractivity contribution in [2.75, 3.05) is 5.73 Å². The lowest BCUT2D eigenvalue weighted by molar-refractivity contribution is 0.567. The third-order valence-corrected chi connectivity index (χ3v) is 4.35. The topological polar surface area (TPSA) is 72.2 Å². The van der Waals surface area contributed by atoms with E-state index in [1.54, 1.807) is 55.5 Å². The number of nitrogens with one attached hydrogen (secondary N) is 1. The van der Waals surface area contributed by atoms with Gasteiger partial charge in [0.25, 0.3) is 0 Å². The van der Waals surface area contributed by atoms with E-state index in [1.165, 1.54) is 0 Å². The average molecular weight is 276 g/mol. The summed E-state index contributed by atoms with van der Waals surface area (Å²) in [6.07, 6.45) is 0. The Labute approximate surface area is 113 Å². The molecule has 0 heterocycles. The maximum atomic E-state index is 12.2. The van der Waals surface area contributed by atoms with E-state index >= 15 is 0 Å². The van der Waals surface area contributed by atoms with Crippen molar-refractivity contribution < 1.29 is 8.42 Å². The molecule has 2 aromatic rings. The summed E-state index contributed by atoms with van der Waals surface area (Å²) < 4.78 is 26.9. The van der Waals surface area contributed by atoms with Gasteiger partial charge in [0.15, 0.2) is 0 Å². The van der Waals surface area contributed by atoms with E-state index in [4.69, 9.17) is 5.73 Å². The van der Waals surface area contributed by atoms with Crippen molar-refractivity contribution >= 4 is 15.7 Å². The summed E-state index contributed by atoms with van der Waals surface area (Å²) in [5.74, 6) is 0. The third-order valence-electron chi connectivity index (χ3n) is 2.80. The van der Waals surface area contributed by atoms with Crippen LogP contribution >= 0.6 is 0 Å². The summed E-state index contributed by atoms with van der Waals surface area (Å²) in [5, 5.41) is 0. The Bertz CT molecular complexity index is 654. The van der Waals surface area contributed by atoms with E-state index in [0.717, 1.165) is 5.56 Å². The van der Waals surface area contributed by atoms with Crippen molar-refractivity contribution in [3.8, 4) is 0 Å². The van der Waals surface area contributed by atoms with Crippen LogP contribution in [0.4, 0.5) is 5.69 Å². The molecule has 19 heavy (non-hydrogen) atoms. The molecule has 2 rings (SSSR count). The fourth-order valence-electron chi connectivity index (χ4n) is 1.80. The second-order valence-electron chi connectivity index (χ2n) is 4.33. The normalized spacial score (nSPS) is 13.1. The molecule has 0 saturated heterocycles. The summed E-state index contributed by atoms with van der Waals surface area (Å²) in [6, 6.07) is 15.1. The summed E-state index contributed by atoms with van der Waals surface area (Å²) in [6.45, 7) is 1.79. The molecule has 0 aromatic heterocycles. The highest BCUT2D eigenvalue weighted by molar-refractivity contribution is 7.89. The maximum absolute atomic E-state index is 12.2. The number of anilines is 1. The minimum absolute atomic E-state index is 0.255. The predicted octanol–water partition coefficient (Wildman–Crippen LogP) is 2.31. The van der Waals surface area contributed by atoms with Crippen LogP contribution in [0.25, 0.3) is 0 Å². The maximum Gasteiger partial charge on any atom is 0.241 e. The molecule has 0 aliphatic heterocycles. The van der Waals surface area contributed by atoms with Crippen LogP contribution in [0.3, 0.4) is 0 Å². The first-order valence-corrected chi connectivity index (χ1v) is 7.40. The van der Waals surface area contributed by atoms with Crippen molar-refractivity contribution in [2.45, 2.75) is 17.9 Å². The van der Waals surface area contributed by atoms with E-state index in [2.05, 4.69) is 4.72 Å². The van der Waals surface area contributed by atoms with Gasteiger partial charge in [0.2, 0.25) is 10.0 Å². The Hall–Kier alpha value is -1.85. The van der Waals surface area contributed by atoms with Crippen LogP contribution < -0.4 is 10.5 Å². The number of nitrogens with two attached hydrogens (primary N) is 1. The molecular formula is C14H16N2O2S. The first-order chi connectivity index (χ1) is 8.99. The molecule has 1 atom stereocenters. The number of benzene rings is 2. The van der Waals surface area contributed by atoms with Gasteiger partial charge >= 0.3 is 0 Å². The van der Waals surface area contributed by atoms with Crippen molar-refractivity contribution in [1.29, 1.82) is 0 Å². The second kappa shape index (κ2) is 5.42. The zero-order valence-corrected chi connectivity index (χ0v) is 11.4. The number of hydrogen-bond donors (Lipinski definition) is 2. The highest BCUT2D eigenvalue weighted by Crippen LogP contribution is 2.18. The van der Waals surface area contributed by atoms with Gasteiger partial charge in [-0.2, -0.15) is 0 Å². The van der Waals surface area contributed by atoms with Gasteiger partial charge in [-0.3, -0.25) is 0 Å². The number of sulfonamides is 1. The van der Waals surface area contributed by atoms with Gasteiger partial charge in [0.1, 0.15) is 0 Å². The molecule has 0 spiro atoms. The Morgan fingerprint density at radius 2 is 1.74 bits per heavy atom. The molecule has 0 bridgehead atoms. The smallest absolute Gasteiger partial charge is 0.241 e. The molecule has 0 aliphatic rings. The Morgan fingerprint density at radius 3 is 2.37 bits per heavy atom. The molecule has 0 fully saturated rings. The van der Waals surface area contributed by atoms with Crippen LogP contribution in [-0.4, -0.2) is 8.42 Å². The highest BCUT2D eigenvalue weighted by Gasteiger charge is 2.17. The van der Waals surface area contributed by atoms with Crippen LogP contribution in [0.15, 0.2) is 59.5 Å². The molecule has 0 amide bonds. The summed E-state index contributed by atoms with van der Waals surface area (Å²) in [5.41, 5.74) is 7.14. The quantitative estimate of drug-likeness (QED) is 0.842. The van der Waals surface area contributed by atoms with Crippen LogP contribution in [0, 0.1) is 0 Å². The lowest BCUT2D eigenvalue weighted by Crippen LogP contribution is -2.26. The van der Waals surface area contributed by atoms with E-state index in [-0.39, 0.29) is 10.9 Å². The van der Waals surface area contributed by atoms with Gasteiger partial charge in [0.05, 0.1) is 4.90 Å². The number of nitrogen functional groups attached to an aromatic ring is 1. The minimum Gasteiger partial charge on any atom is -0.399 e. The average Bonchev–Trinajstić information content (AvgIpc) is 2.39. The van der Waals surface area contributed by atoms with Crippen molar-refractivity contribution in [1.82, 2.24) is 4.72 Å². The molecule has 4 nitrogen and oxygen atoms in total. The molecular weight excluding hydrogens is 260 g/mol. The summed E-state index contributed by atoms with van der Waals surface area (Å²) in [4.78, 5) is 0.255. The van der Waals surface area contributed by atoms with Gasteiger partial charge in [-0.05, 0) is 36.8 Å². The van der Waals surface area contributed by atoms with Gasteiger partial charge < -0.3 is 5.73 Å². The summed E-state index contributed by atoms with van der Waals surface area (Å²) >= 11 is 0. The SMILES string of the molecule is CC(NS(=O)(=O)c1ccccc1)c1cccc(N)c1. The van der Waals surface area contributed by atoms with Crippen LogP contribution in [0.2, 0.25) is 0 Å². The Balaban J connectivity index is 2.22. The lowest BCUT2D eigenvalue weighted by Gasteiger charge is -2.15. The molecule has 2 aromatic carbocycles. The molecule has 0 saturated carbocycles. The van der Waals surface area contributed by atoms with Gasteiger partial charge in [0, 0.05) is 11.7 Å². The van der Waals surface area contributed by atoms with E-state index in [9.17, 15) is 8.42 Å². The standard InChI is InChI=1S/C14H16N2O2S/c1-11(12-6-5-7-13(15)10-12)16-19(17,18)14-8-3-2-4-9-14/h2-11,16H,15H2,1H3. The monoisotopic (exact) mass is 276 g/mol. The van der Waals surface area contributed by atoms with Crippen LogP contribution in [-0.2, 0) is 10.0 Å². The molecule has 5 heteroatoms. The van der Waals surface area contributed by atoms with E-state index in [0.29, 0.717) is 5.69 Å². The molecule has 1 unspecified atom stereocenters. The minimum atomic E-state index is -3.51. The van der Waals surface area contributed by atoms with Crippen LogP contribution in [0.1, 0.15) is 18.5 Å². The van der Waals surface area contributed by atoms with Crippen molar-refractivity contribution in [3.63, 3.8) is 0 Å². The molecule has 0 radical (unpaired) electrons. The van der Waals surface area contributed by atoms with Gasteiger partial charge in [-0.1, -0.05) is 30.3 Å². The zero-order chi connectivity index (χ0) is 13.9. The largest absolute Gasteiger partial charge is 0.399 e. The second-order valence-corrected chi connectivity index (χ2v) is 6.04. The van der Waals surface area contributed by atoms with Gasteiger partial charge in [-0.25, -0.2) is 13.1 Å². The molecule has 0 aliphatic carbocycles. The van der Waals surface area contributed by atoms with Crippen LogP contribution in [0.5, 0.6) is 0 Å². The van der Waals surface area contributed by atoms with Crippen molar-refractivity contribution in [2.24, 2.45) is 0 Å². The summed E-state index contributed by atoms with van der Waals surface area (Å²) in [7, 11) is -3.51. The number of hydrogen-bond acceptors (Lipinski definition) is 3. The first-order valence-electron chi connectivity index (χ1n) is 5.92. The molecule has 100 valence electrons. The van der Waals surface area contributed by atoms with E-state index < -0.39 is 10.0 Å². The first kappa shape index (κ1) is 13.6. The fourth-order valence-corrected chi connectivity index (χ4v) is 3.05. The number of rotatable bonds is 4. The third kappa shape index (κ3) is 3.33. The van der Waals surface area contributed by atoms with E-state index in [1.807, 2.05) is 6.07 Å². The van der Waals surface area contributed by atoms with Crippen molar-refractivity contribution in [3.05, 3.63) is 60.2 Å². The lowest BCUT2D eigenvalue weighted by atomic mass is 10.1. The Kier molecular flexibility index (Phi) is 3.87. The van der Waals surface area contributed by atoms with Gasteiger partial charge in [-0.15, -0.1) is 0 Å². The highest BCUT2D eigenvalue weighted by atomic mass is 32.2. The molecule has 3 N–H and O–H groups in total. The Morgan fingerprint density at radius 1 is 1.05 bits per heavy atom. The predicted molar refractivity (Wildman–Crippen MR) is 76.0 cm³/mol.